The Morgan fingerprint density at radius 3 is 2.21 bits per heavy atom. The maximum atomic E-state index is 11.8. The van der Waals surface area contributed by atoms with E-state index in [4.69, 9.17) is 0 Å². The van der Waals surface area contributed by atoms with Gasteiger partial charge in [-0.3, -0.25) is 0 Å². The molecular formula is C13H22N2O3S. The largest absolute Gasteiger partial charge is 0.394 e. The summed E-state index contributed by atoms with van der Waals surface area (Å²) in [7, 11) is -3.41. The lowest BCUT2D eigenvalue weighted by Gasteiger charge is -2.28. The minimum absolute atomic E-state index is 0.0148. The molecule has 6 heteroatoms. The van der Waals surface area contributed by atoms with Crippen LogP contribution in [0.5, 0.6) is 0 Å². The van der Waals surface area contributed by atoms with Crippen molar-refractivity contribution < 1.29 is 13.5 Å². The Morgan fingerprint density at radius 1 is 1.21 bits per heavy atom. The van der Waals surface area contributed by atoms with Crippen molar-refractivity contribution in [1.82, 2.24) is 4.72 Å². The third kappa shape index (κ3) is 4.19. The van der Waals surface area contributed by atoms with Crippen LogP contribution in [0.1, 0.15) is 27.2 Å². The maximum absolute atomic E-state index is 11.8. The third-order valence-corrected chi connectivity index (χ3v) is 4.64. The molecule has 1 rings (SSSR count). The standard InChI is InChI=1S/C13H22N2O3S/c1-4-13(3,10-16)15-11-6-8-12(9-7-11)19(17,18)14-5-2/h6-9,14-16H,4-5,10H2,1-3H3. The second-order valence-electron chi connectivity index (χ2n) is 4.72. The third-order valence-electron chi connectivity index (χ3n) is 3.07. The second kappa shape index (κ2) is 6.36. The summed E-state index contributed by atoms with van der Waals surface area (Å²) in [5, 5.41) is 12.5. The summed E-state index contributed by atoms with van der Waals surface area (Å²) in [6.07, 6.45) is 0.765. The minimum Gasteiger partial charge on any atom is -0.394 e. The monoisotopic (exact) mass is 286 g/mol. The lowest BCUT2D eigenvalue weighted by molar-refractivity contribution is 0.219. The number of hydrogen-bond acceptors (Lipinski definition) is 4. The van der Waals surface area contributed by atoms with Crippen LogP contribution in [0.4, 0.5) is 5.69 Å². The number of benzene rings is 1. The predicted molar refractivity (Wildman–Crippen MR) is 76.7 cm³/mol. The van der Waals surface area contributed by atoms with Crippen molar-refractivity contribution in [3.8, 4) is 0 Å². The van der Waals surface area contributed by atoms with Gasteiger partial charge < -0.3 is 10.4 Å². The molecule has 1 atom stereocenters. The van der Waals surface area contributed by atoms with E-state index in [0.717, 1.165) is 12.1 Å². The van der Waals surface area contributed by atoms with Crippen LogP contribution in [0.3, 0.4) is 0 Å². The lowest BCUT2D eigenvalue weighted by atomic mass is 10.00. The Morgan fingerprint density at radius 2 is 1.79 bits per heavy atom. The van der Waals surface area contributed by atoms with Gasteiger partial charge in [0, 0.05) is 12.2 Å². The summed E-state index contributed by atoms with van der Waals surface area (Å²) in [4.78, 5) is 0.238. The van der Waals surface area contributed by atoms with Crippen LogP contribution in [0.2, 0.25) is 0 Å². The van der Waals surface area contributed by atoms with Gasteiger partial charge in [-0.2, -0.15) is 0 Å². The maximum Gasteiger partial charge on any atom is 0.240 e. The molecule has 108 valence electrons. The fourth-order valence-electron chi connectivity index (χ4n) is 1.58. The van der Waals surface area contributed by atoms with E-state index in [1.54, 1.807) is 31.2 Å². The van der Waals surface area contributed by atoms with Crippen molar-refractivity contribution in [3.05, 3.63) is 24.3 Å². The molecular weight excluding hydrogens is 264 g/mol. The molecule has 0 aliphatic rings. The molecule has 0 spiro atoms. The van der Waals surface area contributed by atoms with Crippen molar-refractivity contribution in [2.75, 3.05) is 18.5 Å². The van der Waals surface area contributed by atoms with E-state index in [0.29, 0.717) is 6.54 Å². The normalized spacial score (nSPS) is 14.9. The summed E-state index contributed by atoms with van der Waals surface area (Å²) in [5.41, 5.74) is 0.385. The van der Waals surface area contributed by atoms with Gasteiger partial charge in [0.25, 0.3) is 0 Å². The highest BCUT2D eigenvalue weighted by atomic mass is 32.2. The molecule has 1 unspecified atom stereocenters. The molecule has 1 aromatic carbocycles. The van der Waals surface area contributed by atoms with Gasteiger partial charge in [0.1, 0.15) is 0 Å². The number of hydrogen-bond donors (Lipinski definition) is 3. The van der Waals surface area contributed by atoms with Gasteiger partial charge >= 0.3 is 0 Å². The minimum atomic E-state index is -3.41. The number of aliphatic hydroxyl groups is 1. The summed E-state index contributed by atoms with van der Waals surface area (Å²) in [6, 6.07) is 6.50. The Hall–Kier alpha value is -1.11. The van der Waals surface area contributed by atoms with E-state index in [-0.39, 0.29) is 11.5 Å². The molecule has 3 N–H and O–H groups in total. The van der Waals surface area contributed by atoms with Crippen LogP contribution >= 0.6 is 0 Å². The summed E-state index contributed by atoms with van der Waals surface area (Å²) in [6.45, 7) is 6.01. The van der Waals surface area contributed by atoms with Crippen molar-refractivity contribution in [2.24, 2.45) is 0 Å². The van der Waals surface area contributed by atoms with Crippen LogP contribution in [0.15, 0.2) is 29.2 Å². The summed E-state index contributed by atoms with van der Waals surface area (Å²) < 4.78 is 26.0. The average molecular weight is 286 g/mol. The molecule has 0 amide bonds. The van der Waals surface area contributed by atoms with E-state index < -0.39 is 15.6 Å². The first-order valence-corrected chi connectivity index (χ1v) is 7.84. The SMILES string of the molecule is CCNS(=O)(=O)c1ccc(NC(C)(CC)CO)cc1. The molecule has 0 heterocycles. The number of sulfonamides is 1. The van der Waals surface area contributed by atoms with Gasteiger partial charge in [-0.05, 0) is 37.6 Å². The molecule has 0 aliphatic heterocycles. The topological polar surface area (TPSA) is 78.4 Å². The van der Waals surface area contributed by atoms with E-state index in [9.17, 15) is 13.5 Å². The quantitative estimate of drug-likeness (QED) is 0.711. The number of aliphatic hydroxyl groups excluding tert-OH is 1. The fourth-order valence-corrected chi connectivity index (χ4v) is 2.62. The molecule has 0 aliphatic carbocycles. The smallest absolute Gasteiger partial charge is 0.240 e. The molecule has 1 aromatic rings. The van der Waals surface area contributed by atoms with E-state index in [2.05, 4.69) is 10.0 Å². The van der Waals surface area contributed by atoms with Crippen LogP contribution in [-0.2, 0) is 10.0 Å². The molecule has 0 aromatic heterocycles. The molecule has 5 nitrogen and oxygen atoms in total. The molecule has 0 bridgehead atoms. The van der Waals surface area contributed by atoms with Gasteiger partial charge in [0.15, 0.2) is 0 Å². The van der Waals surface area contributed by atoms with Crippen LogP contribution < -0.4 is 10.0 Å². The Bertz CT molecular complexity index is 493. The summed E-state index contributed by atoms with van der Waals surface area (Å²) >= 11 is 0. The molecule has 0 fully saturated rings. The van der Waals surface area contributed by atoms with Crippen molar-refractivity contribution in [2.45, 2.75) is 37.6 Å². The highest BCUT2D eigenvalue weighted by Crippen LogP contribution is 2.20. The van der Waals surface area contributed by atoms with Crippen molar-refractivity contribution in [3.63, 3.8) is 0 Å². The Kier molecular flexibility index (Phi) is 5.34. The zero-order chi connectivity index (χ0) is 14.5. The second-order valence-corrected chi connectivity index (χ2v) is 6.49. The number of anilines is 1. The first-order valence-electron chi connectivity index (χ1n) is 6.35. The lowest BCUT2D eigenvalue weighted by Crippen LogP contribution is -2.37. The van der Waals surface area contributed by atoms with E-state index >= 15 is 0 Å². The van der Waals surface area contributed by atoms with Gasteiger partial charge in [-0.15, -0.1) is 0 Å². The fraction of sp³-hybridized carbons (Fsp3) is 0.538. The van der Waals surface area contributed by atoms with E-state index in [1.807, 2.05) is 13.8 Å². The first-order chi connectivity index (χ1) is 8.87. The average Bonchev–Trinajstić information content (AvgIpc) is 2.39. The molecule has 0 saturated heterocycles. The Balaban J connectivity index is 2.89. The van der Waals surface area contributed by atoms with Crippen LogP contribution in [0.25, 0.3) is 0 Å². The van der Waals surface area contributed by atoms with E-state index in [1.165, 1.54) is 0 Å². The highest BCUT2D eigenvalue weighted by molar-refractivity contribution is 7.89. The molecule has 0 radical (unpaired) electrons. The molecule has 0 saturated carbocycles. The Labute approximate surface area is 115 Å². The van der Waals surface area contributed by atoms with Crippen molar-refractivity contribution in [1.29, 1.82) is 0 Å². The van der Waals surface area contributed by atoms with Crippen LogP contribution in [-0.4, -0.2) is 32.2 Å². The predicted octanol–water partition coefficient (Wildman–Crippen LogP) is 1.56. The number of nitrogens with one attached hydrogen (secondary N) is 2. The van der Waals surface area contributed by atoms with Gasteiger partial charge in [-0.25, -0.2) is 13.1 Å². The zero-order valence-electron chi connectivity index (χ0n) is 11.6. The van der Waals surface area contributed by atoms with Gasteiger partial charge in [0.2, 0.25) is 10.0 Å². The van der Waals surface area contributed by atoms with Crippen molar-refractivity contribution >= 4 is 15.7 Å². The number of rotatable bonds is 7. The highest BCUT2D eigenvalue weighted by Gasteiger charge is 2.20. The zero-order valence-corrected chi connectivity index (χ0v) is 12.4. The van der Waals surface area contributed by atoms with Gasteiger partial charge in [-0.1, -0.05) is 13.8 Å². The van der Waals surface area contributed by atoms with Crippen LogP contribution in [0, 0.1) is 0 Å². The summed E-state index contributed by atoms with van der Waals surface area (Å²) in [5.74, 6) is 0. The first kappa shape index (κ1) is 15.9. The van der Waals surface area contributed by atoms with Gasteiger partial charge in [0.05, 0.1) is 17.0 Å². The molecule has 19 heavy (non-hydrogen) atoms.